The van der Waals surface area contributed by atoms with Crippen LogP contribution in [-0.2, 0) is 16.4 Å². The van der Waals surface area contributed by atoms with Crippen molar-refractivity contribution in [3.05, 3.63) is 65.2 Å². The topological polar surface area (TPSA) is 66.5 Å². The van der Waals surface area contributed by atoms with E-state index in [-0.39, 0.29) is 10.8 Å². The van der Waals surface area contributed by atoms with Gasteiger partial charge in [0.05, 0.1) is 4.90 Å². The molecule has 5 nitrogen and oxygen atoms in total. The van der Waals surface area contributed by atoms with Gasteiger partial charge in [-0.2, -0.15) is 4.31 Å². The SMILES string of the molecule is Cc1ccc(C(=O)NCCCc2ccccc2)cc1S(=O)(=O)N1CCCCCC1. The van der Waals surface area contributed by atoms with Crippen molar-refractivity contribution in [1.29, 1.82) is 0 Å². The first-order valence-corrected chi connectivity index (χ1v) is 11.9. The second kappa shape index (κ2) is 10.0. The maximum atomic E-state index is 13.1. The van der Waals surface area contributed by atoms with Crippen LogP contribution in [0.15, 0.2) is 53.4 Å². The van der Waals surface area contributed by atoms with Gasteiger partial charge in [-0.25, -0.2) is 8.42 Å². The van der Waals surface area contributed by atoms with Crippen molar-refractivity contribution in [2.45, 2.75) is 50.3 Å². The molecule has 0 atom stereocenters. The average Bonchev–Trinajstić information content (AvgIpc) is 3.02. The van der Waals surface area contributed by atoms with Crippen LogP contribution in [0.4, 0.5) is 0 Å². The van der Waals surface area contributed by atoms with Gasteiger partial charge in [0, 0.05) is 25.2 Å². The van der Waals surface area contributed by atoms with Crippen LogP contribution in [0.3, 0.4) is 0 Å². The van der Waals surface area contributed by atoms with Crippen LogP contribution in [0.5, 0.6) is 0 Å². The molecule has 1 aliphatic rings. The molecular formula is C23H30N2O3S. The van der Waals surface area contributed by atoms with Gasteiger partial charge >= 0.3 is 0 Å². The first-order valence-electron chi connectivity index (χ1n) is 10.4. The summed E-state index contributed by atoms with van der Waals surface area (Å²) in [5, 5.41) is 2.91. The first-order chi connectivity index (χ1) is 14.0. The van der Waals surface area contributed by atoms with E-state index < -0.39 is 10.0 Å². The lowest BCUT2D eigenvalue weighted by atomic mass is 10.1. The van der Waals surface area contributed by atoms with Gasteiger partial charge in [-0.05, 0) is 55.9 Å². The molecule has 0 aromatic heterocycles. The van der Waals surface area contributed by atoms with E-state index in [1.807, 2.05) is 18.2 Å². The summed E-state index contributed by atoms with van der Waals surface area (Å²) in [6.45, 7) is 3.44. The quantitative estimate of drug-likeness (QED) is 0.698. The summed E-state index contributed by atoms with van der Waals surface area (Å²) < 4.78 is 27.9. The molecule has 0 saturated carbocycles. The fourth-order valence-corrected chi connectivity index (χ4v) is 5.45. The van der Waals surface area contributed by atoms with Crippen molar-refractivity contribution in [2.24, 2.45) is 0 Å². The Labute approximate surface area is 174 Å². The summed E-state index contributed by atoms with van der Waals surface area (Å²) >= 11 is 0. The van der Waals surface area contributed by atoms with Gasteiger partial charge in [-0.1, -0.05) is 49.2 Å². The van der Waals surface area contributed by atoms with Crippen LogP contribution in [0.2, 0.25) is 0 Å². The number of rotatable bonds is 7. The fourth-order valence-electron chi connectivity index (χ4n) is 3.68. The number of benzene rings is 2. The molecule has 1 fully saturated rings. The van der Waals surface area contributed by atoms with Crippen molar-refractivity contribution in [1.82, 2.24) is 9.62 Å². The van der Waals surface area contributed by atoms with E-state index in [1.54, 1.807) is 23.4 Å². The summed E-state index contributed by atoms with van der Waals surface area (Å²) in [7, 11) is -3.58. The number of hydrogen-bond donors (Lipinski definition) is 1. The third-order valence-electron chi connectivity index (χ3n) is 5.40. The molecule has 1 saturated heterocycles. The highest BCUT2D eigenvalue weighted by atomic mass is 32.2. The first kappa shape index (κ1) is 21.5. The summed E-state index contributed by atoms with van der Waals surface area (Å²) in [4.78, 5) is 12.8. The summed E-state index contributed by atoms with van der Waals surface area (Å²) in [6, 6.07) is 15.1. The zero-order valence-electron chi connectivity index (χ0n) is 17.1. The highest BCUT2D eigenvalue weighted by Crippen LogP contribution is 2.24. The van der Waals surface area contributed by atoms with Crippen molar-refractivity contribution in [3.8, 4) is 0 Å². The van der Waals surface area contributed by atoms with Gasteiger partial charge in [0.2, 0.25) is 10.0 Å². The normalized spacial score (nSPS) is 15.6. The van der Waals surface area contributed by atoms with Gasteiger partial charge in [0.1, 0.15) is 0 Å². The Bertz CT molecular complexity index is 918. The van der Waals surface area contributed by atoms with Crippen molar-refractivity contribution < 1.29 is 13.2 Å². The minimum absolute atomic E-state index is 0.231. The maximum Gasteiger partial charge on any atom is 0.251 e. The number of nitrogens with one attached hydrogen (secondary N) is 1. The Hall–Kier alpha value is -2.18. The van der Waals surface area contributed by atoms with Crippen LogP contribution in [0.25, 0.3) is 0 Å². The molecule has 1 amide bonds. The lowest BCUT2D eigenvalue weighted by Gasteiger charge is -2.21. The van der Waals surface area contributed by atoms with E-state index in [9.17, 15) is 13.2 Å². The van der Waals surface area contributed by atoms with E-state index in [0.717, 1.165) is 38.5 Å². The standard InChI is InChI=1S/C23H30N2O3S/c1-19-13-14-21(23(26)24-15-9-12-20-10-5-4-6-11-20)18-22(19)29(27,28)25-16-7-2-3-8-17-25/h4-6,10-11,13-14,18H,2-3,7-9,12,15-17H2,1H3,(H,24,26). The molecule has 1 aliphatic heterocycles. The number of carbonyl (C=O) groups excluding carboxylic acids is 1. The third kappa shape index (κ3) is 5.67. The van der Waals surface area contributed by atoms with E-state index in [2.05, 4.69) is 17.4 Å². The van der Waals surface area contributed by atoms with Crippen LogP contribution >= 0.6 is 0 Å². The predicted octanol–water partition coefficient (Wildman–Crippen LogP) is 3.92. The van der Waals surface area contributed by atoms with Crippen LogP contribution in [0.1, 0.15) is 53.6 Å². The molecule has 0 radical (unpaired) electrons. The Morgan fingerprint density at radius 2 is 1.69 bits per heavy atom. The fraction of sp³-hybridized carbons (Fsp3) is 0.435. The molecule has 3 rings (SSSR count). The van der Waals surface area contributed by atoms with Gasteiger partial charge in [0.15, 0.2) is 0 Å². The minimum atomic E-state index is -3.58. The molecule has 156 valence electrons. The van der Waals surface area contributed by atoms with E-state index in [1.165, 1.54) is 11.6 Å². The Morgan fingerprint density at radius 3 is 2.38 bits per heavy atom. The molecule has 2 aromatic rings. The number of amides is 1. The number of aryl methyl sites for hydroxylation is 2. The smallest absolute Gasteiger partial charge is 0.251 e. The van der Waals surface area contributed by atoms with Crippen molar-refractivity contribution >= 4 is 15.9 Å². The van der Waals surface area contributed by atoms with Gasteiger partial charge in [0.25, 0.3) is 5.91 Å². The predicted molar refractivity (Wildman–Crippen MR) is 116 cm³/mol. The maximum absolute atomic E-state index is 13.1. The molecule has 0 spiro atoms. The van der Waals surface area contributed by atoms with Crippen LogP contribution in [-0.4, -0.2) is 38.3 Å². The Kier molecular flexibility index (Phi) is 7.45. The molecule has 0 unspecified atom stereocenters. The van der Waals surface area contributed by atoms with Crippen molar-refractivity contribution in [2.75, 3.05) is 19.6 Å². The van der Waals surface area contributed by atoms with E-state index in [0.29, 0.717) is 30.8 Å². The second-order valence-corrected chi connectivity index (χ2v) is 9.55. The van der Waals surface area contributed by atoms with E-state index in [4.69, 9.17) is 0 Å². The van der Waals surface area contributed by atoms with Gasteiger partial charge in [-0.3, -0.25) is 4.79 Å². The molecule has 1 N–H and O–H groups in total. The highest BCUT2D eigenvalue weighted by molar-refractivity contribution is 7.89. The third-order valence-corrected chi connectivity index (χ3v) is 7.44. The Morgan fingerprint density at radius 1 is 1.00 bits per heavy atom. The van der Waals surface area contributed by atoms with Crippen LogP contribution < -0.4 is 5.32 Å². The second-order valence-electron chi connectivity index (χ2n) is 7.64. The molecule has 29 heavy (non-hydrogen) atoms. The largest absolute Gasteiger partial charge is 0.352 e. The summed E-state index contributed by atoms with van der Waals surface area (Å²) in [5.41, 5.74) is 2.31. The summed E-state index contributed by atoms with van der Waals surface area (Å²) in [6.07, 6.45) is 5.64. The molecule has 2 aromatic carbocycles. The van der Waals surface area contributed by atoms with Gasteiger partial charge < -0.3 is 5.32 Å². The molecule has 0 bridgehead atoms. The lowest BCUT2D eigenvalue weighted by Crippen LogP contribution is -2.32. The van der Waals surface area contributed by atoms with Crippen LogP contribution in [0, 0.1) is 6.92 Å². The average molecular weight is 415 g/mol. The number of sulfonamides is 1. The number of nitrogens with zero attached hydrogens (tertiary/aromatic N) is 1. The monoisotopic (exact) mass is 414 g/mol. The van der Waals surface area contributed by atoms with Gasteiger partial charge in [-0.15, -0.1) is 0 Å². The summed E-state index contributed by atoms with van der Waals surface area (Å²) in [5.74, 6) is -0.231. The minimum Gasteiger partial charge on any atom is -0.352 e. The lowest BCUT2D eigenvalue weighted by molar-refractivity contribution is 0.0953. The zero-order valence-corrected chi connectivity index (χ0v) is 17.9. The van der Waals surface area contributed by atoms with E-state index >= 15 is 0 Å². The number of carbonyl (C=O) groups is 1. The zero-order chi connectivity index (χ0) is 20.7. The highest BCUT2D eigenvalue weighted by Gasteiger charge is 2.27. The number of hydrogen-bond acceptors (Lipinski definition) is 3. The molecule has 0 aliphatic carbocycles. The molecule has 6 heteroatoms. The van der Waals surface area contributed by atoms with Crippen molar-refractivity contribution in [3.63, 3.8) is 0 Å². The molecular weight excluding hydrogens is 384 g/mol. The molecule has 1 heterocycles. The Balaban J connectivity index is 1.65.